The van der Waals surface area contributed by atoms with Crippen molar-refractivity contribution < 1.29 is 29.4 Å². The SMILES string of the molecule is C=CC.CC.CCCC.OP(O)(O)=S.OP(O)(O)=S. The Kier molecular flexibility index (Phi) is 40.1. The Morgan fingerprint density at radius 2 is 0.895 bits per heavy atom. The van der Waals surface area contributed by atoms with Crippen LogP contribution in [-0.2, 0) is 23.6 Å². The zero-order chi connectivity index (χ0) is 17.1. The topological polar surface area (TPSA) is 121 Å². The third kappa shape index (κ3) is 1640. The van der Waals surface area contributed by atoms with Crippen LogP contribution in [0.2, 0.25) is 0 Å². The minimum absolute atomic E-state index is 1.32. The molecule has 0 unspecified atom stereocenters. The molecule has 19 heavy (non-hydrogen) atoms. The van der Waals surface area contributed by atoms with Gasteiger partial charge in [0.25, 0.3) is 0 Å². The molecule has 10 heteroatoms. The van der Waals surface area contributed by atoms with Gasteiger partial charge in [0.2, 0.25) is 0 Å². The van der Waals surface area contributed by atoms with Gasteiger partial charge in [-0.3, -0.25) is 0 Å². The first-order valence-electron chi connectivity index (χ1n) is 5.46. The summed E-state index contributed by atoms with van der Waals surface area (Å²) in [5.41, 5.74) is 0. The average Bonchev–Trinajstić information content (AvgIpc) is 2.16. The molecular weight excluding hydrogens is 330 g/mol. The first-order chi connectivity index (χ1) is 8.33. The van der Waals surface area contributed by atoms with E-state index in [2.05, 4.69) is 44.0 Å². The van der Waals surface area contributed by atoms with E-state index in [1.165, 1.54) is 12.8 Å². The molecule has 0 heterocycles. The van der Waals surface area contributed by atoms with Crippen molar-refractivity contribution in [3.63, 3.8) is 0 Å². The van der Waals surface area contributed by atoms with E-state index in [0.717, 1.165) is 0 Å². The number of allylic oxidation sites excluding steroid dienone is 1. The lowest BCUT2D eigenvalue weighted by molar-refractivity contribution is 0.361. The molecule has 0 aliphatic rings. The van der Waals surface area contributed by atoms with Gasteiger partial charge in [-0.15, -0.1) is 6.58 Å². The highest BCUT2D eigenvalue weighted by Crippen LogP contribution is 2.26. The van der Waals surface area contributed by atoms with Gasteiger partial charge in [-0.05, 0) is 30.5 Å². The summed E-state index contributed by atoms with van der Waals surface area (Å²) in [5, 5.41) is 0. The lowest BCUT2D eigenvalue weighted by Crippen LogP contribution is -1.65. The summed E-state index contributed by atoms with van der Waals surface area (Å²) in [4.78, 5) is 45.3. The van der Waals surface area contributed by atoms with Gasteiger partial charge in [-0.1, -0.05) is 46.6 Å². The fraction of sp³-hybridized carbons (Fsp3) is 0.778. The molecule has 0 saturated heterocycles. The van der Waals surface area contributed by atoms with Crippen molar-refractivity contribution in [2.45, 2.75) is 47.5 Å². The summed E-state index contributed by atoms with van der Waals surface area (Å²) in [6.45, 7) is 6.00. The van der Waals surface area contributed by atoms with Crippen LogP contribution in [0.4, 0.5) is 0 Å². The normalized spacial score (nSPS) is 8.79. The average molecular weight is 358 g/mol. The molecule has 0 fully saturated rings. The second-order valence-electron chi connectivity index (χ2n) is 2.43. The highest BCUT2D eigenvalue weighted by molar-refractivity contribution is 8.06. The van der Waals surface area contributed by atoms with Crippen molar-refractivity contribution in [1.29, 1.82) is 0 Å². The summed E-state index contributed by atoms with van der Waals surface area (Å²) in [5.74, 6) is 0. The van der Waals surface area contributed by atoms with Crippen LogP contribution in [0.25, 0.3) is 0 Å². The van der Waals surface area contributed by atoms with Crippen LogP contribution >= 0.6 is 13.4 Å². The van der Waals surface area contributed by atoms with Crippen molar-refractivity contribution in [3.05, 3.63) is 12.7 Å². The third-order valence-corrected chi connectivity index (χ3v) is 0.500. The van der Waals surface area contributed by atoms with E-state index in [1.807, 2.05) is 20.8 Å². The minimum atomic E-state index is -3.81. The maximum Gasteiger partial charge on any atom is 0.319 e. The standard InChI is InChI=1S/C4H10.C3H6.C2H6.2H3O3PS/c1-3-4-2;1-3-2;1-2;2*1-4(2,3)5/h3-4H2,1-2H3;3H,1H2,2H3;1-2H3;2*(H3,1,2,3,5). The van der Waals surface area contributed by atoms with Crippen LogP contribution in [0.5, 0.6) is 0 Å². The molecule has 0 spiro atoms. The Morgan fingerprint density at radius 3 is 0.895 bits per heavy atom. The van der Waals surface area contributed by atoms with Gasteiger partial charge >= 0.3 is 13.4 Å². The third-order valence-electron chi connectivity index (χ3n) is 0.500. The summed E-state index contributed by atoms with van der Waals surface area (Å²) in [6.07, 6.45) is 4.39. The molecule has 6 N–H and O–H groups in total. The minimum Gasteiger partial charge on any atom is -0.325 e. The fourth-order valence-corrected chi connectivity index (χ4v) is 0. The molecule has 0 bridgehead atoms. The van der Waals surface area contributed by atoms with E-state index in [0.29, 0.717) is 0 Å². The molecule has 0 aromatic rings. The van der Waals surface area contributed by atoms with Gasteiger partial charge < -0.3 is 29.4 Å². The summed E-state index contributed by atoms with van der Waals surface area (Å²) < 4.78 is 0. The molecule has 0 rings (SSSR count). The Hall–Kier alpha value is 0.800. The van der Waals surface area contributed by atoms with Crippen LogP contribution < -0.4 is 0 Å². The van der Waals surface area contributed by atoms with Crippen LogP contribution in [0.15, 0.2) is 12.7 Å². The van der Waals surface area contributed by atoms with E-state index in [-0.39, 0.29) is 0 Å². The predicted molar refractivity (Wildman–Crippen MR) is 89.7 cm³/mol. The Labute approximate surface area is 127 Å². The monoisotopic (exact) mass is 358 g/mol. The molecule has 0 amide bonds. The van der Waals surface area contributed by atoms with Crippen LogP contribution in [0.3, 0.4) is 0 Å². The van der Waals surface area contributed by atoms with Crippen LogP contribution in [0.1, 0.15) is 47.5 Å². The van der Waals surface area contributed by atoms with Crippen LogP contribution in [-0.4, -0.2) is 29.4 Å². The van der Waals surface area contributed by atoms with Crippen molar-refractivity contribution in [1.82, 2.24) is 0 Å². The summed E-state index contributed by atoms with van der Waals surface area (Å²) in [7, 11) is 0. The van der Waals surface area contributed by atoms with Crippen molar-refractivity contribution in [3.8, 4) is 0 Å². The van der Waals surface area contributed by atoms with Gasteiger partial charge in [0.05, 0.1) is 0 Å². The molecule has 0 aliphatic heterocycles. The molecule has 6 nitrogen and oxygen atoms in total. The number of rotatable bonds is 1. The van der Waals surface area contributed by atoms with Crippen molar-refractivity contribution >= 4 is 37.1 Å². The van der Waals surface area contributed by atoms with Crippen LogP contribution in [0, 0.1) is 0 Å². The van der Waals surface area contributed by atoms with E-state index in [1.54, 1.807) is 6.08 Å². The summed E-state index contributed by atoms with van der Waals surface area (Å²) in [6, 6.07) is 0. The Balaban J connectivity index is -0.0000000446. The van der Waals surface area contributed by atoms with Gasteiger partial charge in [0.1, 0.15) is 0 Å². The molecule has 0 saturated carbocycles. The zero-order valence-corrected chi connectivity index (χ0v) is 15.5. The Morgan fingerprint density at radius 1 is 0.842 bits per heavy atom. The smallest absolute Gasteiger partial charge is 0.319 e. The van der Waals surface area contributed by atoms with Gasteiger partial charge in [0.15, 0.2) is 0 Å². The molecule has 0 aliphatic carbocycles. The van der Waals surface area contributed by atoms with Gasteiger partial charge in [0, 0.05) is 0 Å². The maximum absolute atomic E-state index is 7.56. The highest BCUT2D eigenvalue weighted by atomic mass is 32.5. The second kappa shape index (κ2) is 23.9. The first kappa shape index (κ1) is 31.9. The summed E-state index contributed by atoms with van der Waals surface area (Å²) >= 11 is 7.21. The van der Waals surface area contributed by atoms with Crippen molar-refractivity contribution in [2.75, 3.05) is 0 Å². The molecule has 0 radical (unpaired) electrons. The highest BCUT2D eigenvalue weighted by Gasteiger charge is 1.92. The van der Waals surface area contributed by atoms with E-state index in [9.17, 15) is 0 Å². The molecule has 122 valence electrons. The molecule has 0 aromatic heterocycles. The lowest BCUT2D eigenvalue weighted by Gasteiger charge is -1.88. The quantitative estimate of drug-likeness (QED) is 0.312. The zero-order valence-electron chi connectivity index (χ0n) is 12.1. The largest absolute Gasteiger partial charge is 0.325 e. The fourth-order valence-electron chi connectivity index (χ4n) is 0. The van der Waals surface area contributed by atoms with Gasteiger partial charge in [-0.25, -0.2) is 0 Å². The van der Waals surface area contributed by atoms with E-state index < -0.39 is 13.4 Å². The lowest BCUT2D eigenvalue weighted by atomic mass is 10.4. The van der Waals surface area contributed by atoms with E-state index >= 15 is 0 Å². The molecular formula is C9H28O6P2S2. The van der Waals surface area contributed by atoms with E-state index in [4.69, 9.17) is 29.4 Å². The first-order valence-corrected chi connectivity index (χ1v) is 10.8. The predicted octanol–water partition coefficient (Wildman–Crippen LogP) is 2.40. The van der Waals surface area contributed by atoms with Gasteiger partial charge in [-0.2, -0.15) is 0 Å². The molecule has 0 atom stereocenters. The maximum atomic E-state index is 7.56. The number of hydrogen-bond acceptors (Lipinski definition) is 2. The van der Waals surface area contributed by atoms with Crippen molar-refractivity contribution in [2.24, 2.45) is 0 Å². The number of unbranched alkanes of at least 4 members (excludes halogenated alkanes) is 1. The molecule has 0 aromatic carbocycles. The second-order valence-corrected chi connectivity index (χ2v) is 7.43. The Bertz CT molecular complexity index is 200. The number of hydrogen-bond donors (Lipinski definition) is 6.